The number of methoxy groups -OCH3 is 1. The van der Waals surface area contributed by atoms with Gasteiger partial charge in [-0.25, -0.2) is 4.98 Å². The number of nitrogens with zero attached hydrogens (tertiary/aromatic N) is 5. The molecule has 0 aliphatic carbocycles. The van der Waals surface area contributed by atoms with E-state index >= 15 is 0 Å². The van der Waals surface area contributed by atoms with E-state index in [0.29, 0.717) is 81.6 Å². The normalized spacial score (nSPS) is 18.8. The lowest BCUT2D eigenvalue weighted by Crippen LogP contribution is -2.47. The van der Waals surface area contributed by atoms with Crippen molar-refractivity contribution in [2.75, 3.05) is 60.6 Å². The van der Waals surface area contributed by atoms with Crippen LogP contribution in [0.4, 0.5) is 0 Å². The van der Waals surface area contributed by atoms with Crippen molar-refractivity contribution in [1.29, 1.82) is 0 Å². The van der Waals surface area contributed by atoms with Crippen LogP contribution in [0.15, 0.2) is 54.9 Å². The van der Waals surface area contributed by atoms with Crippen LogP contribution in [0.1, 0.15) is 19.3 Å². The molecule has 1 amide bonds. The van der Waals surface area contributed by atoms with Crippen LogP contribution in [-0.4, -0.2) is 104 Å². The van der Waals surface area contributed by atoms with Crippen molar-refractivity contribution in [2.24, 2.45) is 0 Å². The molecule has 1 atom stereocenters. The average Bonchev–Trinajstić information content (AvgIpc) is 3.49. The summed E-state index contributed by atoms with van der Waals surface area (Å²) in [7, 11) is 0.994. The van der Waals surface area contributed by atoms with E-state index in [1.807, 2.05) is 47.2 Å². The molecule has 0 saturated heterocycles. The summed E-state index contributed by atoms with van der Waals surface area (Å²) >= 11 is 0. The van der Waals surface area contributed by atoms with Crippen LogP contribution in [0.5, 0.6) is 23.0 Å². The van der Waals surface area contributed by atoms with Gasteiger partial charge in [-0.1, -0.05) is 12.1 Å². The predicted molar refractivity (Wildman–Crippen MR) is 161 cm³/mol. The van der Waals surface area contributed by atoms with Crippen LogP contribution < -0.4 is 18.9 Å². The van der Waals surface area contributed by atoms with Gasteiger partial charge in [-0.2, -0.15) is 17.0 Å². The molecule has 0 N–H and O–H groups in total. The van der Waals surface area contributed by atoms with E-state index in [-0.39, 0.29) is 12.5 Å². The highest BCUT2D eigenvalue weighted by Gasteiger charge is 2.31. The predicted octanol–water partition coefficient (Wildman–Crippen LogP) is 2.90. The number of ether oxygens (including phenoxy) is 4. The monoisotopic (exact) mass is 613 g/mol. The minimum Gasteiger partial charge on any atom is -0.493 e. The number of fused-ring (bicyclic) bond motifs is 5. The molecular weight excluding hydrogens is 574 g/mol. The number of amides is 1. The maximum atomic E-state index is 13.8. The molecule has 1 aromatic heterocycles. The van der Waals surface area contributed by atoms with Gasteiger partial charge in [0.05, 0.1) is 13.7 Å². The van der Waals surface area contributed by atoms with Crippen molar-refractivity contribution in [2.45, 2.75) is 31.9 Å². The minimum absolute atomic E-state index is 0.117. The molecular formula is C30H39N5O7S. The summed E-state index contributed by atoms with van der Waals surface area (Å²) in [5, 5.41) is 0. The van der Waals surface area contributed by atoms with Crippen LogP contribution in [0.25, 0.3) is 11.4 Å². The Balaban J connectivity index is 1.41. The van der Waals surface area contributed by atoms with Gasteiger partial charge < -0.3 is 28.4 Å². The maximum Gasteiger partial charge on any atom is 0.281 e. The first-order valence-corrected chi connectivity index (χ1v) is 15.8. The summed E-state index contributed by atoms with van der Waals surface area (Å²) in [5.74, 6) is 2.84. The number of hydrogen-bond acceptors (Lipinski definition) is 8. The van der Waals surface area contributed by atoms with Crippen molar-refractivity contribution >= 4 is 16.1 Å². The standard InChI is InChI=1S/C30H39N5O7S/c1-32(2)43(37,38)35-15-7-6-14-34(30(36)28-22-41-25-9-4-5-10-26(25)42-28)19-18-33-17-13-31-29(33)23-11-12-24(39-3)27(21-23)40-20-8-16-35/h4-5,9-13,17,21,28H,6-8,14-16,18-20,22H2,1-3H3. The Kier molecular flexibility index (Phi) is 9.73. The molecule has 0 fully saturated rings. The van der Waals surface area contributed by atoms with Crippen molar-refractivity contribution in [3.8, 4) is 34.4 Å². The van der Waals surface area contributed by atoms with Gasteiger partial charge in [0.15, 0.2) is 23.0 Å². The molecule has 0 radical (unpaired) electrons. The summed E-state index contributed by atoms with van der Waals surface area (Å²) < 4.78 is 54.3. The molecule has 3 heterocycles. The fourth-order valence-corrected chi connectivity index (χ4v) is 6.35. The molecule has 12 nitrogen and oxygen atoms in total. The molecule has 5 rings (SSSR count). The SMILES string of the molecule is COc1ccc2cc1OCCCN(S(=O)(=O)N(C)C)CCCCN(C(=O)C1COc3ccccc3O1)CCn1ccnc1-2. The van der Waals surface area contributed by atoms with E-state index in [1.54, 1.807) is 24.3 Å². The third-order valence-corrected chi connectivity index (χ3v) is 9.47. The van der Waals surface area contributed by atoms with Gasteiger partial charge in [0.2, 0.25) is 6.10 Å². The van der Waals surface area contributed by atoms with Gasteiger partial charge >= 0.3 is 0 Å². The zero-order valence-corrected chi connectivity index (χ0v) is 25.7. The summed E-state index contributed by atoms with van der Waals surface area (Å²) in [5.41, 5.74) is 0.834. The fourth-order valence-electron chi connectivity index (χ4n) is 5.17. The number of imidazole rings is 1. The molecule has 2 aliphatic heterocycles. The van der Waals surface area contributed by atoms with E-state index < -0.39 is 16.3 Å². The molecule has 2 bridgehead atoms. The Morgan fingerprint density at radius 2 is 1.72 bits per heavy atom. The fraction of sp³-hybridized carbons (Fsp3) is 0.467. The topological polar surface area (TPSA) is 116 Å². The quantitative estimate of drug-likeness (QED) is 0.441. The van der Waals surface area contributed by atoms with Crippen LogP contribution >= 0.6 is 0 Å². The second kappa shape index (κ2) is 13.7. The third-order valence-electron chi connectivity index (χ3n) is 7.53. The lowest BCUT2D eigenvalue weighted by Gasteiger charge is -2.31. The number of para-hydroxylation sites is 2. The Hall–Kier alpha value is -3.81. The van der Waals surface area contributed by atoms with Crippen molar-refractivity contribution in [3.05, 3.63) is 54.9 Å². The largest absolute Gasteiger partial charge is 0.493 e. The maximum absolute atomic E-state index is 13.8. The lowest BCUT2D eigenvalue weighted by molar-refractivity contribution is -0.141. The van der Waals surface area contributed by atoms with Crippen molar-refractivity contribution in [3.63, 3.8) is 0 Å². The number of aromatic nitrogens is 2. The second-order valence-electron chi connectivity index (χ2n) is 10.6. The summed E-state index contributed by atoms with van der Waals surface area (Å²) in [4.78, 5) is 20.1. The Labute approximate surface area is 252 Å². The number of carbonyl (C=O) groups is 1. The van der Waals surface area contributed by atoms with Crippen LogP contribution in [0.2, 0.25) is 0 Å². The van der Waals surface area contributed by atoms with Crippen molar-refractivity contribution in [1.82, 2.24) is 23.1 Å². The number of hydrogen-bond donors (Lipinski definition) is 0. The Morgan fingerprint density at radius 3 is 2.51 bits per heavy atom. The van der Waals surface area contributed by atoms with Crippen LogP contribution in [0, 0.1) is 0 Å². The molecule has 2 aromatic carbocycles. The molecule has 0 spiro atoms. The van der Waals surface area contributed by atoms with Crippen LogP contribution in [0.3, 0.4) is 0 Å². The Morgan fingerprint density at radius 1 is 0.953 bits per heavy atom. The van der Waals surface area contributed by atoms with E-state index in [2.05, 4.69) is 4.98 Å². The summed E-state index contributed by atoms with van der Waals surface area (Å²) in [6.45, 7) is 2.38. The van der Waals surface area contributed by atoms with Gasteiger partial charge in [-0.05, 0) is 49.6 Å². The highest BCUT2D eigenvalue weighted by Crippen LogP contribution is 2.33. The first-order valence-electron chi connectivity index (χ1n) is 14.4. The molecule has 13 heteroatoms. The molecule has 1 unspecified atom stereocenters. The number of benzene rings is 2. The molecule has 0 saturated carbocycles. The average molecular weight is 614 g/mol. The lowest BCUT2D eigenvalue weighted by atomic mass is 10.2. The molecule has 2 aliphatic rings. The minimum atomic E-state index is -3.64. The smallest absolute Gasteiger partial charge is 0.281 e. The first kappa shape index (κ1) is 30.6. The summed E-state index contributed by atoms with van der Waals surface area (Å²) in [6.07, 6.45) is 4.52. The molecule has 232 valence electrons. The van der Waals surface area contributed by atoms with Gasteiger partial charge in [0.25, 0.3) is 16.1 Å². The van der Waals surface area contributed by atoms with E-state index in [9.17, 15) is 13.2 Å². The van der Waals surface area contributed by atoms with Gasteiger partial charge in [0.1, 0.15) is 12.4 Å². The van der Waals surface area contributed by atoms with E-state index in [4.69, 9.17) is 18.9 Å². The van der Waals surface area contributed by atoms with Gasteiger partial charge in [-0.15, -0.1) is 0 Å². The second-order valence-corrected chi connectivity index (χ2v) is 12.7. The highest BCUT2D eigenvalue weighted by atomic mass is 32.2. The zero-order valence-electron chi connectivity index (χ0n) is 24.8. The zero-order chi connectivity index (χ0) is 30.4. The number of rotatable bonds is 4. The van der Waals surface area contributed by atoms with E-state index in [1.165, 1.54) is 22.7 Å². The van der Waals surface area contributed by atoms with Gasteiger partial charge in [0, 0.05) is 64.8 Å². The van der Waals surface area contributed by atoms with Crippen molar-refractivity contribution < 1.29 is 32.2 Å². The van der Waals surface area contributed by atoms with Crippen LogP contribution in [-0.2, 0) is 21.5 Å². The Bertz CT molecular complexity index is 1510. The first-order chi connectivity index (χ1) is 20.8. The number of carbonyl (C=O) groups excluding carboxylic acids is 1. The van der Waals surface area contributed by atoms with E-state index in [0.717, 1.165) is 11.4 Å². The molecule has 3 aromatic rings. The summed E-state index contributed by atoms with van der Waals surface area (Å²) in [6, 6.07) is 12.9. The highest BCUT2D eigenvalue weighted by molar-refractivity contribution is 7.86. The third kappa shape index (κ3) is 7.06. The van der Waals surface area contributed by atoms with Gasteiger partial charge in [-0.3, -0.25) is 4.79 Å². The molecule has 43 heavy (non-hydrogen) atoms.